The second kappa shape index (κ2) is 9.25. The van der Waals surface area contributed by atoms with Crippen LogP contribution in [0, 0.1) is 13.8 Å². The van der Waals surface area contributed by atoms with E-state index < -0.39 is 5.97 Å². The standard InChI is InChI=1S/C20H22ClNO4/c1-13-4-5-16(10-14(13)2)15(3)22-19(23)11-26-20(24)12-25-18-8-6-17(21)7-9-18/h4-10,15H,11-12H2,1-3H3,(H,22,23)/t15-/m1/s1. The fourth-order valence-electron chi connectivity index (χ4n) is 2.26. The summed E-state index contributed by atoms with van der Waals surface area (Å²) in [6, 6.07) is 12.5. The van der Waals surface area contributed by atoms with Gasteiger partial charge in [0, 0.05) is 5.02 Å². The van der Waals surface area contributed by atoms with Gasteiger partial charge in [0.15, 0.2) is 13.2 Å². The summed E-state index contributed by atoms with van der Waals surface area (Å²) in [5.41, 5.74) is 3.36. The SMILES string of the molecule is Cc1ccc([C@@H](C)NC(=O)COC(=O)COc2ccc(Cl)cc2)cc1C. The lowest BCUT2D eigenvalue weighted by atomic mass is 10.0. The Morgan fingerprint density at radius 2 is 1.73 bits per heavy atom. The summed E-state index contributed by atoms with van der Waals surface area (Å²) in [4.78, 5) is 23.6. The molecule has 2 aromatic rings. The fourth-order valence-corrected chi connectivity index (χ4v) is 2.39. The summed E-state index contributed by atoms with van der Waals surface area (Å²) in [6.45, 7) is 5.32. The van der Waals surface area contributed by atoms with E-state index in [1.807, 2.05) is 39.0 Å². The zero-order valence-corrected chi connectivity index (χ0v) is 15.8. The monoisotopic (exact) mass is 375 g/mol. The second-order valence-corrected chi connectivity index (χ2v) is 6.47. The average molecular weight is 376 g/mol. The van der Waals surface area contributed by atoms with E-state index in [1.165, 1.54) is 5.56 Å². The van der Waals surface area contributed by atoms with Gasteiger partial charge < -0.3 is 14.8 Å². The van der Waals surface area contributed by atoms with Crippen molar-refractivity contribution in [3.8, 4) is 5.75 Å². The highest BCUT2D eigenvalue weighted by molar-refractivity contribution is 6.30. The molecule has 1 amide bonds. The third kappa shape index (κ3) is 6.08. The van der Waals surface area contributed by atoms with E-state index >= 15 is 0 Å². The molecule has 1 N–H and O–H groups in total. The Hall–Kier alpha value is -2.53. The lowest BCUT2D eigenvalue weighted by Gasteiger charge is -2.16. The quantitative estimate of drug-likeness (QED) is 0.748. The molecular weight excluding hydrogens is 354 g/mol. The van der Waals surface area contributed by atoms with Crippen LogP contribution in [0.2, 0.25) is 5.02 Å². The Labute approximate surface area is 158 Å². The van der Waals surface area contributed by atoms with Crippen LogP contribution in [0.3, 0.4) is 0 Å². The molecule has 0 saturated heterocycles. The summed E-state index contributed by atoms with van der Waals surface area (Å²) in [6.07, 6.45) is 0. The number of carbonyl (C=O) groups excluding carboxylic acids is 2. The Kier molecular flexibility index (Phi) is 7.04. The van der Waals surface area contributed by atoms with Crippen LogP contribution in [-0.4, -0.2) is 25.1 Å². The number of nitrogens with one attached hydrogen (secondary N) is 1. The van der Waals surface area contributed by atoms with Crippen molar-refractivity contribution in [2.75, 3.05) is 13.2 Å². The van der Waals surface area contributed by atoms with E-state index in [2.05, 4.69) is 5.32 Å². The van der Waals surface area contributed by atoms with Crippen molar-refractivity contribution < 1.29 is 19.1 Å². The summed E-state index contributed by atoms with van der Waals surface area (Å²) >= 11 is 5.77. The van der Waals surface area contributed by atoms with Crippen LogP contribution in [0.4, 0.5) is 0 Å². The van der Waals surface area contributed by atoms with Gasteiger partial charge in [0.1, 0.15) is 5.75 Å². The third-order valence-corrected chi connectivity index (χ3v) is 4.20. The van der Waals surface area contributed by atoms with Crippen LogP contribution in [0.1, 0.15) is 29.7 Å². The zero-order valence-electron chi connectivity index (χ0n) is 15.0. The number of aryl methyl sites for hydroxylation is 2. The van der Waals surface area contributed by atoms with Crippen LogP contribution >= 0.6 is 11.6 Å². The van der Waals surface area contributed by atoms with E-state index in [-0.39, 0.29) is 25.2 Å². The molecule has 1 atom stereocenters. The van der Waals surface area contributed by atoms with Gasteiger partial charge in [-0.3, -0.25) is 4.79 Å². The molecule has 0 unspecified atom stereocenters. The molecule has 0 saturated carbocycles. The molecule has 5 nitrogen and oxygen atoms in total. The maximum atomic E-state index is 12.0. The Morgan fingerprint density at radius 3 is 2.38 bits per heavy atom. The maximum absolute atomic E-state index is 12.0. The van der Waals surface area contributed by atoms with Crippen molar-refractivity contribution in [1.29, 1.82) is 0 Å². The predicted molar refractivity (Wildman–Crippen MR) is 100 cm³/mol. The number of amides is 1. The highest BCUT2D eigenvalue weighted by Gasteiger charge is 2.13. The van der Waals surface area contributed by atoms with Gasteiger partial charge in [-0.25, -0.2) is 4.79 Å². The van der Waals surface area contributed by atoms with Gasteiger partial charge in [0.25, 0.3) is 5.91 Å². The molecular formula is C20H22ClNO4. The first-order valence-corrected chi connectivity index (χ1v) is 8.63. The maximum Gasteiger partial charge on any atom is 0.344 e. The number of halogens is 1. The van der Waals surface area contributed by atoms with Gasteiger partial charge in [-0.1, -0.05) is 29.8 Å². The summed E-state index contributed by atoms with van der Waals surface area (Å²) in [5.74, 6) is -0.483. The first-order valence-electron chi connectivity index (χ1n) is 8.25. The number of esters is 1. The smallest absolute Gasteiger partial charge is 0.344 e. The van der Waals surface area contributed by atoms with Crippen LogP contribution in [-0.2, 0) is 14.3 Å². The minimum Gasteiger partial charge on any atom is -0.482 e. The molecule has 0 bridgehead atoms. The van der Waals surface area contributed by atoms with Gasteiger partial charge in [0.05, 0.1) is 6.04 Å². The van der Waals surface area contributed by atoms with Crippen molar-refractivity contribution >= 4 is 23.5 Å². The Bertz CT molecular complexity index is 774. The first-order chi connectivity index (χ1) is 12.3. The topological polar surface area (TPSA) is 64.6 Å². The van der Waals surface area contributed by atoms with E-state index in [0.29, 0.717) is 10.8 Å². The number of carbonyl (C=O) groups is 2. The number of hydrogen-bond donors (Lipinski definition) is 1. The summed E-state index contributed by atoms with van der Waals surface area (Å²) in [7, 11) is 0. The first kappa shape index (κ1) is 19.8. The molecule has 0 aromatic heterocycles. The van der Waals surface area contributed by atoms with Crippen LogP contribution < -0.4 is 10.1 Å². The summed E-state index contributed by atoms with van der Waals surface area (Å²) < 4.78 is 10.2. The molecule has 138 valence electrons. The molecule has 0 fully saturated rings. The van der Waals surface area contributed by atoms with Crippen molar-refractivity contribution in [2.45, 2.75) is 26.8 Å². The van der Waals surface area contributed by atoms with E-state index in [4.69, 9.17) is 21.1 Å². The molecule has 6 heteroatoms. The van der Waals surface area contributed by atoms with Crippen molar-refractivity contribution in [3.05, 3.63) is 64.2 Å². The molecule has 0 heterocycles. The lowest BCUT2D eigenvalue weighted by molar-refractivity contribution is -0.150. The fraction of sp³-hybridized carbons (Fsp3) is 0.300. The van der Waals surface area contributed by atoms with E-state index in [1.54, 1.807) is 24.3 Å². The largest absolute Gasteiger partial charge is 0.482 e. The van der Waals surface area contributed by atoms with Crippen molar-refractivity contribution in [2.24, 2.45) is 0 Å². The normalized spacial score (nSPS) is 11.5. The minimum absolute atomic E-state index is 0.175. The van der Waals surface area contributed by atoms with Gasteiger partial charge in [-0.15, -0.1) is 0 Å². The van der Waals surface area contributed by atoms with Gasteiger partial charge in [-0.05, 0) is 61.7 Å². The molecule has 2 aromatic carbocycles. The summed E-state index contributed by atoms with van der Waals surface area (Å²) in [5, 5.41) is 3.38. The van der Waals surface area contributed by atoms with Gasteiger partial charge >= 0.3 is 5.97 Å². The predicted octanol–water partition coefficient (Wildman–Crippen LogP) is 3.76. The van der Waals surface area contributed by atoms with Crippen LogP contribution in [0.5, 0.6) is 5.75 Å². The molecule has 0 aliphatic rings. The number of benzene rings is 2. The molecule has 26 heavy (non-hydrogen) atoms. The number of rotatable bonds is 7. The zero-order chi connectivity index (χ0) is 19.1. The molecule has 2 rings (SSSR count). The van der Waals surface area contributed by atoms with Crippen LogP contribution in [0.25, 0.3) is 0 Å². The minimum atomic E-state index is -0.617. The van der Waals surface area contributed by atoms with Crippen molar-refractivity contribution in [1.82, 2.24) is 5.32 Å². The molecule has 0 aliphatic carbocycles. The Balaban J connectivity index is 1.74. The van der Waals surface area contributed by atoms with Gasteiger partial charge in [-0.2, -0.15) is 0 Å². The molecule has 0 aliphatic heterocycles. The van der Waals surface area contributed by atoms with E-state index in [0.717, 1.165) is 11.1 Å². The van der Waals surface area contributed by atoms with Crippen LogP contribution in [0.15, 0.2) is 42.5 Å². The average Bonchev–Trinajstić information content (AvgIpc) is 2.61. The number of ether oxygens (including phenoxy) is 2. The Morgan fingerprint density at radius 1 is 1.04 bits per heavy atom. The number of hydrogen-bond acceptors (Lipinski definition) is 4. The molecule has 0 radical (unpaired) electrons. The third-order valence-electron chi connectivity index (χ3n) is 3.94. The van der Waals surface area contributed by atoms with Crippen molar-refractivity contribution in [3.63, 3.8) is 0 Å². The van der Waals surface area contributed by atoms with Gasteiger partial charge in [0.2, 0.25) is 0 Å². The highest BCUT2D eigenvalue weighted by Crippen LogP contribution is 2.17. The highest BCUT2D eigenvalue weighted by atomic mass is 35.5. The van der Waals surface area contributed by atoms with E-state index in [9.17, 15) is 9.59 Å². The lowest BCUT2D eigenvalue weighted by Crippen LogP contribution is -2.32. The second-order valence-electron chi connectivity index (χ2n) is 6.04. The molecule has 0 spiro atoms.